The fourth-order valence-electron chi connectivity index (χ4n) is 2.84. The van der Waals surface area contributed by atoms with Gasteiger partial charge in [0.1, 0.15) is 18.1 Å². The topological polar surface area (TPSA) is 113 Å². The van der Waals surface area contributed by atoms with Gasteiger partial charge in [0.25, 0.3) is 11.6 Å². The highest BCUT2D eigenvalue weighted by Crippen LogP contribution is 2.27. The smallest absolute Gasteiger partial charge is 0.287 e. The van der Waals surface area contributed by atoms with Crippen molar-refractivity contribution in [3.63, 3.8) is 0 Å². The molecular formula is C22H22N2O7. The number of ether oxygens (including phenoxy) is 3. The molecule has 0 aliphatic rings. The maximum Gasteiger partial charge on any atom is 0.287 e. The summed E-state index contributed by atoms with van der Waals surface area (Å²) in [7, 11) is 3.15. The zero-order valence-corrected chi connectivity index (χ0v) is 17.1. The lowest BCUT2D eigenvalue weighted by molar-refractivity contribution is -0.384. The minimum atomic E-state index is -0.480. The van der Waals surface area contributed by atoms with E-state index in [1.807, 2.05) is 18.2 Å². The van der Waals surface area contributed by atoms with Crippen LogP contribution in [0.4, 0.5) is 5.69 Å². The Kier molecular flexibility index (Phi) is 7.10. The Morgan fingerprint density at radius 2 is 1.77 bits per heavy atom. The van der Waals surface area contributed by atoms with E-state index in [4.69, 9.17) is 18.6 Å². The minimum Gasteiger partial charge on any atom is -0.493 e. The van der Waals surface area contributed by atoms with E-state index < -0.39 is 4.92 Å². The van der Waals surface area contributed by atoms with Crippen LogP contribution in [0.2, 0.25) is 0 Å². The minimum absolute atomic E-state index is 0.0163. The van der Waals surface area contributed by atoms with E-state index in [2.05, 4.69) is 5.32 Å². The highest BCUT2D eigenvalue weighted by atomic mass is 16.6. The van der Waals surface area contributed by atoms with Gasteiger partial charge < -0.3 is 23.9 Å². The molecule has 0 atom stereocenters. The highest BCUT2D eigenvalue weighted by molar-refractivity contribution is 5.91. The Labute approximate surface area is 178 Å². The first-order valence-electron chi connectivity index (χ1n) is 9.45. The summed E-state index contributed by atoms with van der Waals surface area (Å²) < 4.78 is 21.5. The summed E-state index contributed by atoms with van der Waals surface area (Å²) in [6.45, 7) is 0.514. The molecule has 3 aromatic rings. The van der Waals surface area contributed by atoms with Gasteiger partial charge in [-0.05, 0) is 48.4 Å². The fourth-order valence-corrected chi connectivity index (χ4v) is 2.84. The zero-order valence-electron chi connectivity index (χ0n) is 17.1. The summed E-state index contributed by atoms with van der Waals surface area (Å²) in [6, 6.07) is 14.5. The number of non-ortho nitro benzene ring substituents is 1. The zero-order chi connectivity index (χ0) is 22.2. The fraction of sp³-hybridized carbons (Fsp3) is 0.227. The van der Waals surface area contributed by atoms with Crippen molar-refractivity contribution in [1.29, 1.82) is 0 Å². The molecule has 1 heterocycles. The molecule has 0 spiro atoms. The van der Waals surface area contributed by atoms with E-state index in [1.165, 1.54) is 24.3 Å². The summed E-state index contributed by atoms with van der Waals surface area (Å²) in [6.07, 6.45) is 0.614. The molecule has 0 aliphatic heterocycles. The molecule has 2 aromatic carbocycles. The van der Waals surface area contributed by atoms with Gasteiger partial charge in [-0.15, -0.1) is 0 Å². The first-order valence-corrected chi connectivity index (χ1v) is 9.45. The molecule has 9 nitrogen and oxygen atoms in total. The number of carbonyl (C=O) groups is 1. The number of rotatable bonds is 10. The van der Waals surface area contributed by atoms with Crippen molar-refractivity contribution in [2.75, 3.05) is 20.8 Å². The molecule has 0 bridgehead atoms. The number of hydrogen-bond donors (Lipinski definition) is 1. The standard InChI is InChI=1S/C22H22N2O7/c1-28-19-9-3-15(13-21(19)29-2)11-12-23-22(25)20-10-8-18(31-20)14-30-17-6-4-16(5-7-17)24(26)27/h3-10,13H,11-12,14H2,1-2H3,(H,23,25). The summed E-state index contributed by atoms with van der Waals surface area (Å²) in [5.74, 6) is 2.05. The van der Waals surface area contributed by atoms with Crippen molar-refractivity contribution in [2.24, 2.45) is 0 Å². The quantitative estimate of drug-likeness (QED) is 0.388. The van der Waals surface area contributed by atoms with Gasteiger partial charge in [-0.25, -0.2) is 0 Å². The summed E-state index contributed by atoms with van der Waals surface area (Å²) in [4.78, 5) is 22.5. The van der Waals surface area contributed by atoms with Gasteiger partial charge in [-0.1, -0.05) is 6.07 Å². The SMILES string of the molecule is COc1ccc(CCNC(=O)c2ccc(COc3ccc([N+](=O)[O-])cc3)o2)cc1OC. The van der Waals surface area contributed by atoms with Crippen LogP contribution < -0.4 is 19.5 Å². The van der Waals surface area contributed by atoms with Crippen molar-refractivity contribution >= 4 is 11.6 Å². The average Bonchev–Trinajstić information content (AvgIpc) is 3.27. The van der Waals surface area contributed by atoms with Gasteiger partial charge in [-0.3, -0.25) is 14.9 Å². The third kappa shape index (κ3) is 5.75. The van der Waals surface area contributed by atoms with E-state index in [-0.39, 0.29) is 24.0 Å². The lowest BCUT2D eigenvalue weighted by atomic mass is 10.1. The maximum absolute atomic E-state index is 12.3. The summed E-state index contributed by atoms with van der Waals surface area (Å²) in [5.41, 5.74) is 0.979. The second-order valence-electron chi connectivity index (χ2n) is 6.50. The second kappa shape index (κ2) is 10.1. The first kappa shape index (κ1) is 21.7. The maximum atomic E-state index is 12.3. The molecule has 0 unspecified atom stereocenters. The number of nitro groups is 1. The monoisotopic (exact) mass is 426 g/mol. The predicted octanol–water partition coefficient (Wildman–Crippen LogP) is 3.76. The number of methoxy groups -OCH3 is 2. The molecule has 0 saturated heterocycles. The van der Waals surface area contributed by atoms with Crippen LogP contribution in [-0.2, 0) is 13.0 Å². The first-order chi connectivity index (χ1) is 15.0. The van der Waals surface area contributed by atoms with Crippen molar-refractivity contribution < 1.29 is 28.3 Å². The third-order valence-corrected chi connectivity index (χ3v) is 4.46. The lowest BCUT2D eigenvalue weighted by Crippen LogP contribution is -2.25. The van der Waals surface area contributed by atoms with Crippen LogP contribution in [0.1, 0.15) is 21.9 Å². The van der Waals surface area contributed by atoms with E-state index >= 15 is 0 Å². The number of hydrogen-bond acceptors (Lipinski definition) is 7. The van der Waals surface area contributed by atoms with Gasteiger partial charge in [0.15, 0.2) is 17.3 Å². The van der Waals surface area contributed by atoms with Crippen LogP contribution >= 0.6 is 0 Å². The molecule has 0 aliphatic carbocycles. The molecule has 0 radical (unpaired) electrons. The number of furan rings is 1. The van der Waals surface area contributed by atoms with Gasteiger partial charge in [-0.2, -0.15) is 0 Å². The molecule has 0 saturated carbocycles. The van der Waals surface area contributed by atoms with Crippen molar-refractivity contribution in [3.05, 3.63) is 81.8 Å². The van der Waals surface area contributed by atoms with Crippen LogP contribution in [-0.4, -0.2) is 31.6 Å². The van der Waals surface area contributed by atoms with Gasteiger partial charge in [0.05, 0.1) is 19.1 Å². The molecular weight excluding hydrogens is 404 g/mol. The number of carbonyl (C=O) groups excluding carboxylic acids is 1. The number of amides is 1. The summed E-state index contributed by atoms with van der Waals surface area (Å²) in [5, 5.41) is 13.5. The molecule has 1 N–H and O–H groups in total. The van der Waals surface area contributed by atoms with Crippen LogP contribution in [0, 0.1) is 10.1 Å². The molecule has 162 valence electrons. The largest absolute Gasteiger partial charge is 0.493 e. The Morgan fingerprint density at radius 3 is 2.45 bits per heavy atom. The Bertz CT molecular complexity index is 1040. The van der Waals surface area contributed by atoms with Crippen LogP contribution in [0.3, 0.4) is 0 Å². The number of benzene rings is 2. The Morgan fingerprint density at radius 1 is 1.03 bits per heavy atom. The lowest BCUT2D eigenvalue weighted by Gasteiger charge is -2.09. The van der Waals surface area contributed by atoms with Gasteiger partial charge in [0.2, 0.25) is 0 Å². The highest BCUT2D eigenvalue weighted by Gasteiger charge is 2.12. The summed E-state index contributed by atoms with van der Waals surface area (Å²) >= 11 is 0. The predicted molar refractivity (Wildman–Crippen MR) is 112 cm³/mol. The average molecular weight is 426 g/mol. The van der Waals surface area contributed by atoms with E-state index in [0.717, 1.165) is 5.56 Å². The number of nitro benzene ring substituents is 1. The van der Waals surface area contributed by atoms with E-state index in [0.29, 0.717) is 36.0 Å². The normalized spacial score (nSPS) is 10.4. The number of nitrogens with one attached hydrogen (secondary N) is 1. The van der Waals surface area contributed by atoms with Crippen LogP contribution in [0.5, 0.6) is 17.2 Å². The second-order valence-corrected chi connectivity index (χ2v) is 6.50. The molecule has 9 heteroatoms. The Hall–Kier alpha value is -4.01. The molecule has 0 fully saturated rings. The van der Waals surface area contributed by atoms with Crippen molar-refractivity contribution in [3.8, 4) is 17.2 Å². The van der Waals surface area contributed by atoms with Crippen molar-refractivity contribution in [2.45, 2.75) is 13.0 Å². The van der Waals surface area contributed by atoms with E-state index in [1.54, 1.807) is 26.4 Å². The van der Waals surface area contributed by atoms with Crippen LogP contribution in [0.25, 0.3) is 0 Å². The molecule has 3 rings (SSSR count). The third-order valence-electron chi connectivity index (χ3n) is 4.46. The van der Waals surface area contributed by atoms with E-state index in [9.17, 15) is 14.9 Å². The van der Waals surface area contributed by atoms with Crippen LogP contribution in [0.15, 0.2) is 59.0 Å². The Balaban J connectivity index is 1.48. The van der Waals surface area contributed by atoms with Crippen molar-refractivity contribution in [1.82, 2.24) is 5.32 Å². The van der Waals surface area contributed by atoms with Gasteiger partial charge >= 0.3 is 0 Å². The molecule has 1 amide bonds. The molecule has 31 heavy (non-hydrogen) atoms. The number of nitrogens with zero attached hydrogens (tertiary/aromatic N) is 1. The van der Waals surface area contributed by atoms with Gasteiger partial charge in [0, 0.05) is 18.7 Å². The molecule has 1 aromatic heterocycles.